The van der Waals surface area contributed by atoms with E-state index < -0.39 is 0 Å². The monoisotopic (exact) mass is 430 g/mol. The Morgan fingerprint density at radius 2 is 1.61 bits per heavy atom. The molecule has 0 bridgehead atoms. The molecule has 31 heavy (non-hydrogen) atoms. The van der Waals surface area contributed by atoms with E-state index in [9.17, 15) is 4.79 Å². The lowest BCUT2D eigenvalue weighted by Crippen LogP contribution is -2.54. The summed E-state index contributed by atoms with van der Waals surface area (Å²) in [5.41, 5.74) is 1.08. The van der Waals surface area contributed by atoms with Crippen molar-refractivity contribution >= 4 is 5.97 Å². The van der Waals surface area contributed by atoms with E-state index in [-0.39, 0.29) is 12.1 Å². The van der Waals surface area contributed by atoms with Crippen molar-refractivity contribution in [2.24, 2.45) is 52.3 Å². The Kier molecular flexibility index (Phi) is 6.87. The van der Waals surface area contributed by atoms with Crippen LogP contribution in [-0.4, -0.2) is 12.1 Å². The molecule has 0 spiro atoms. The molecule has 0 heterocycles. The number of carbonyl (C=O) groups excluding carboxylic acids is 1. The maximum absolute atomic E-state index is 11.5. The topological polar surface area (TPSA) is 26.3 Å². The smallest absolute Gasteiger partial charge is 0.302 e. The van der Waals surface area contributed by atoms with Gasteiger partial charge in [-0.05, 0) is 110 Å². The highest BCUT2D eigenvalue weighted by molar-refractivity contribution is 5.66. The Morgan fingerprint density at radius 1 is 0.903 bits per heavy atom. The van der Waals surface area contributed by atoms with E-state index in [0.717, 1.165) is 54.3 Å². The zero-order valence-corrected chi connectivity index (χ0v) is 21.4. The summed E-state index contributed by atoms with van der Waals surface area (Å²) >= 11 is 0. The second-order valence-corrected chi connectivity index (χ2v) is 13.2. The molecule has 0 N–H and O–H groups in total. The molecule has 4 saturated carbocycles. The van der Waals surface area contributed by atoms with Gasteiger partial charge >= 0.3 is 5.97 Å². The van der Waals surface area contributed by atoms with Crippen LogP contribution in [0.3, 0.4) is 0 Å². The van der Waals surface area contributed by atoms with Gasteiger partial charge in [-0.3, -0.25) is 4.79 Å². The number of carbonyl (C=O) groups is 1. The molecule has 4 rings (SSSR count). The van der Waals surface area contributed by atoms with E-state index in [1.165, 1.54) is 64.2 Å². The molecule has 0 saturated heterocycles. The number of esters is 1. The lowest BCUT2D eigenvalue weighted by molar-refractivity contribution is -0.160. The second kappa shape index (κ2) is 9.02. The summed E-state index contributed by atoms with van der Waals surface area (Å²) in [7, 11) is 0. The van der Waals surface area contributed by atoms with Crippen molar-refractivity contribution in [2.75, 3.05) is 0 Å². The second-order valence-electron chi connectivity index (χ2n) is 13.2. The lowest BCUT2D eigenvalue weighted by atomic mass is 9.44. The quantitative estimate of drug-likeness (QED) is 0.398. The molecule has 0 aliphatic heterocycles. The predicted molar refractivity (Wildman–Crippen MR) is 129 cm³/mol. The van der Waals surface area contributed by atoms with Gasteiger partial charge in [-0.15, -0.1) is 0 Å². The van der Waals surface area contributed by atoms with Gasteiger partial charge < -0.3 is 4.74 Å². The van der Waals surface area contributed by atoms with Gasteiger partial charge in [0.25, 0.3) is 0 Å². The van der Waals surface area contributed by atoms with Gasteiger partial charge in [-0.25, -0.2) is 0 Å². The van der Waals surface area contributed by atoms with Crippen LogP contribution in [0.15, 0.2) is 0 Å². The number of hydrogen-bond acceptors (Lipinski definition) is 2. The van der Waals surface area contributed by atoms with Crippen molar-refractivity contribution in [3.8, 4) is 0 Å². The number of hydrogen-bond donors (Lipinski definition) is 0. The molecule has 0 radical (unpaired) electrons. The maximum atomic E-state index is 11.5. The van der Waals surface area contributed by atoms with Gasteiger partial charge in [0.1, 0.15) is 6.10 Å². The molecule has 0 aromatic heterocycles. The van der Waals surface area contributed by atoms with Crippen molar-refractivity contribution in [3.63, 3.8) is 0 Å². The van der Waals surface area contributed by atoms with Crippen LogP contribution in [0.1, 0.15) is 119 Å². The molecule has 4 aliphatic carbocycles. The molecule has 0 aromatic carbocycles. The van der Waals surface area contributed by atoms with Gasteiger partial charge in [0.2, 0.25) is 0 Å². The van der Waals surface area contributed by atoms with Gasteiger partial charge in [0.05, 0.1) is 0 Å². The van der Waals surface area contributed by atoms with Crippen LogP contribution in [-0.2, 0) is 9.53 Å². The molecule has 0 amide bonds. The third-order valence-electron chi connectivity index (χ3n) is 11.2. The minimum absolute atomic E-state index is 0.0877. The van der Waals surface area contributed by atoms with Crippen LogP contribution in [0.5, 0.6) is 0 Å². The highest BCUT2D eigenvalue weighted by Gasteiger charge is 2.60. The summed E-state index contributed by atoms with van der Waals surface area (Å²) in [5.74, 6) is 6.22. The van der Waals surface area contributed by atoms with Crippen LogP contribution in [0, 0.1) is 52.3 Å². The normalized spacial score (nSPS) is 45.5. The Morgan fingerprint density at radius 3 is 2.32 bits per heavy atom. The van der Waals surface area contributed by atoms with E-state index >= 15 is 0 Å². The van der Waals surface area contributed by atoms with E-state index in [1.807, 2.05) is 0 Å². The van der Waals surface area contributed by atoms with Crippen LogP contribution >= 0.6 is 0 Å². The highest BCUT2D eigenvalue weighted by atomic mass is 16.5. The van der Waals surface area contributed by atoms with Gasteiger partial charge in [-0.1, -0.05) is 53.9 Å². The van der Waals surface area contributed by atoms with Gasteiger partial charge in [-0.2, -0.15) is 0 Å². The van der Waals surface area contributed by atoms with Crippen LogP contribution in [0.2, 0.25) is 0 Å². The fourth-order valence-corrected chi connectivity index (χ4v) is 9.59. The summed E-state index contributed by atoms with van der Waals surface area (Å²) in [6.07, 6.45) is 16.6. The standard InChI is InChI=1S/C29H50O2/c1-19(2)8-7-9-20(3)25-12-13-26-24-11-10-22-18-23(31-21(4)30)14-16-28(22,5)27(24)15-17-29(25,26)6/h19-20,22-27H,7-18H2,1-6H3/t20-,22?,23+,24?,25?,26?,27?,28-,29+/m0/s1. The van der Waals surface area contributed by atoms with Crippen molar-refractivity contribution in [3.05, 3.63) is 0 Å². The average molecular weight is 431 g/mol. The number of fused-ring (bicyclic) bond motifs is 5. The predicted octanol–water partition coefficient (Wildman–Crippen LogP) is 8.04. The minimum Gasteiger partial charge on any atom is -0.463 e. The Labute approximate surface area is 192 Å². The van der Waals surface area contributed by atoms with E-state index in [0.29, 0.717) is 10.8 Å². The fourth-order valence-electron chi connectivity index (χ4n) is 9.59. The van der Waals surface area contributed by atoms with Crippen molar-refractivity contribution in [2.45, 2.75) is 125 Å². The molecule has 2 heteroatoms. The molecule has 178 valence electrons. The van der Waals surface area contributed by atoms with Crippen LogP contribution in [0.25, 0.3) is 0 Å². The summed E-state index contributed by atoms with van der Waals surface area (Å²) in [5, 5.41) is 0. The molecular formula is C29H50O2. The first-order valence-electron chi connectivity index (χ1n) is 13.8. The van der Waals surface area contributed by atoms with Crippen molar-refractivity contribution in [1.82, 2.24) is 0 Å². The lowest BCUT2D eigenvalue weighted by Gasteiger charge is -2.61. The summed E-state index contributed by atoms with van der Waals surface area (Å²) < 4.78 is 5.65. The SMILES string of the molecule is CC(=O)O[C@@H]1CC[C@@]2(C)C(CCC3C2CC[C@@]2(C)C3CCC2[C@@H](C)CCCC(C)C)C1. The summed E-state index contributed by atoms with van der Waals surface area (Å²) in [6, 6.07) is 0. The fraction of sp³-hybridized carbons (Fsp3) is 0.966. The van der Waals surface area contributed by atoms with Crippen LogP contribution < -0.4 is 0 Å². The molecule has 2 nitrogen and oxygen atoms in total. The van der Waals surface area contributed by atoms with Crippen LogP contribution in [0.4, 0.5) is 0 Å². The molecule has 9 atom stereocenters. The molecular weight excluding hydrogens is 380 g/mol. The molecule has 4 aliphatic rings. The Hall–Kier alpha value is -0.530. The highest BCUT2D eigenvalue weighted by Crippen LogP contribution is 2.68. The maximum Gasteiger partial charge on any atom is 0.302 e. The third-order valence-corrected chi connectivity index (χ3v) is 11.2. The summed E-state index contributed by atoms with van der Waals surface area (Å²) in [4.78, 5) is 11.5. The molecule has 5 unspecified atom stereocenters. The third kappa shape index (κ3) is 4.35. The molecule has 4 fully saturated rings. The minimum atomic E-state index is -0.0877. The zero-order valence-electron chi connectivity index (χ0n) is 21.4. The zero-order chi connectivity index (χ0) is 22.4. The average Bonchev–Trinajstić information content (AvgIpc) is 3.05. The Balaban J connectivity index is 1.43. The first-order chi connectivity index (χ1) is 14.6. The number of rotatable bonds is 6. The first-order valence-corrected chi connectivity index (χ1v) is 13.8. The van der Waals surface area contributed by atoms with E-state index in [1.54, 1.807) is 6.92 Å². The van der Waals surface area contributed by atoms with Crippen molar-refractivity contribution in [1.29, 1.82) is 0 Å². The van der Waals surface area contributed by atoms with E-state index in [2.05, 4.69) is 34.6 Å². The summed E-state index contributed by atoms with van der Waals surface area (Å²) in [6.45, 7) is 14.2. The van der Waals surface area contributed by atoms with E-state index in [4.69, 9.17) is 4.74 Å². The van der Waals surface area contributed by atoms with Gasteiger partial charge in [0, 0.05) is 6.92 Å². The first kappa shape index (κ1) is 23.6. The number of ether oxygens (including phenoxy) is 1. The Bertz CT molecular complexity index is 641. The van der Waals surface area contributed by atoms with Gasteiger partial charge in [0.15, 0.2) is 0 Å². The largest absolute Gasteiger partial charge is 0.463 e. The van der Waals surface area contributed by atoms with Crippen molar-refractivity contribution < 1.29 is 9.53 Å². The molecule has 0 aromatic rings.